The Hall–Kier alpha value is -0.670. The minimum absolute atomic E-state index is 0.507. The maximum atomic E-state index is 11.9. The molecule has 1 rings (SSSR count). The molecular formula is C13H21NOS. The summed E-state index contributed by atoms with van der Waals surface area (Å²) < 4.78 is 11.9. The lowest BCUT2D eigenvalue weighted by atomic mass is 10.2. The van der Waals surface area contributed by atoms with E-state index >= 15 is 0 Å². The lowest BCUT2D eigenvalue weighted by Gasteiger charge is -2.07. The fraction of sp³-hybridized carbons (Fsp3) is 0.538. The third-order valence-electron chi connectivity index (χ3n) is 2.34. The van der Waals surface area contributed by atoms with Crippen molar-refractivity contribution in [3.8, 4) is 0 Å². The molecule has 16 heavy (non-hydrogen) atoms. The van der Waals surface area contributed by atoms with Crippen LogP contribution in [0.4, 0.5) is 0 Å². The average Bonchev–Trinajstić information content (AvgIpc) is 2.25. The maximum absolute atomic E-state index is 11.9. The van der Waals surface area contributed by atoms with Gasteiger partial charge in [-0.3, -0.25) is 4.21 Å². The molecule has 0 spiro atoms. The monoisotopic (exact) mass is 239 g/mol. The van der Waals surface area contributed by atoms with E-state index in [1.165, 1.54) is 5.56 Å². The first-order valence-electron chi connectivity index (χ1n) is 5.78. The van der Waals surface area contributed by atoms with Crippen LogP contribution in [0.15, 0.2) is 29.2 Å². The zero-order valence-electron chi connectivity index (χ0n) is 10.3. The van der Waals surface area contributed by atoms with Crippen LogP contribution in [0.1, 0.15) is 25.8 Å². The van der Waals surface area contributed by atoms with E-state index in [1.54, 1.807) is 0 Å². The van der Waals surface area contributed by atoms with Crippen molar-refractivity contribution in [2.24, 2.45) is 0 Å². The molecule has 1 atom stereocenters. The Labute approximate surface area is 101 Å². The molecule has 0 radical (unpaired) electrons. The zero-order valence-corrected chi connectivity index (χ0v) is 11.1. The molecule has 0 amide bonds. The number of benzene rings is 1. The van der Waals surface area contributed by atoms with Gasteiger partial charge in [-0.15, -0.1) is 0 Å². The molecule has 0 bridgehead atoms. The predicted octanol–water partition coefficient (Wildman–Crippen LogP) is 2.49. The van der Waals surface area contributed by atoms with E-state index in [-0.39, 0.29) is 0 Å². The van der Waals surface area contributed by atoms with E-state index in [4.69, 9.17) is 0 Å². The van der Waals surface area contributed by atoms with Crippen LogP contribution >= 0.6 is 0 Å². The van der Waals surface area contributed by atoms with Crippen LogP contribution in [-0.4, -0.2) is 22.5 Å². The van der Waals surface area contributed by atoms with Crippen molar-refractivity contribution >= 4 is 10.8 Å². The van der Waals surface area contributed by atoms with Gasteiger partial charge in [0.1, 0.15) is 0 Å². The Bertz CT molecular complexity index is 332. The smallest absolute Gasteiger partial charge is 0.0529 e. The molecule has 2 nitrogen and oxygen atoms in total. The third-order valence-corrected chi connectivity index (χ3v) is 3.80. The summed E-state index contributed by atoms with van der Waals surface area (Å²) in [5.41, 5.74) is 1.21. The minimum Gasteiger partial charge on any atom is -0.315 e. The maximum Gasteiger partial charge on any atom is 0.0529 e. The van der Waals surface area contributed by atoms with Crippen LogP contribution in [0.3, 0.4) is 0 Å². The largest absolute Gasteiger partial charge is 0.315 e. The molecule has 1 aromatic carbocycles. The van der Waals surface area contributed by atoms with Crippen LogP contribution in [0.2, 0.25) is 0 Å². The third kappa shape index (κ3) is 4.90. The fourth-order valence-corrected chi connectivity index (χ4v) is 2.48. The summed E-state index contributed by atoms with van der Waals surface area (Å²) in [6, 6.07) is 8.45. The normalized spacial score (nSPS) is 13.0. The lowest BCUT2D eigenvalue weighted by Crippen LogP contribution is -2.24. The van der Waals surface area contributed by atoms with Crippen molar-refractivity contribution in [2.75, 3.05) is 12.3 Å². The van der Waals surface area contributed by atoms with E-state index in [1.807, 2.05) is 31.2 Å². The Kier molecular flexibility index (Phi) is 5.71. The zero-order chi connectivity index (χ0) is 12.0. The van der Waals surface area contributed by atoms with Crippen LogP contribution < -0.4 is 5.32 Å². The van der Waals surface area contributed by atoms with E-state index in [0.29, 0.717) is 6.04 Å². The van der Waals surface area contributed by atoms with Gasteiger partial charge in [0, 0.05) is 16.7 Å². The highest BCUT2D eigenvalue weighted by atomic mass is 32.2. The van der Waals surface area contributed by atoms with Gasteiger partial charge in [0.15, 0.2) is 0 Å². The summed E-state index contributed by atoms with van der Waals surface area (Å²) in [7, 11) is -0.846. The SMILES string of the molecule is Cc1ccc(S(=O)CCCNC(C)C)cc1. The Balaban J connectivity index is 2.32. The molecule has 1 unspecified atom stereocenters. The van der Waals surface area contributed by atoms with Crippen molar-refractivity contribution in [2.45, 2.75) is 38.1 Å². The van der Waals surface area contributed by atoms with Gasteiger partial charge in [-0.2, -0.15) is 0 Å². The number of rotatable bonds is 6. The van der Waals surface area contributed by atoms with Crippen molar-refractivity contribution < 1.29 is 4.21 Å². The topological polar surface area (TPSA) is 29.1 Å². The highest BCUT2D eigenvalue weighted by Crippen LogP contribution is 2.08. The number of nitrogens with one attached hydrogen (secondary N) is 1. The summed E-state index contributed by atoms with van der Waals surface area (Å²) in [4.78, 5) is 0.940. The molecule has 0 saturated heterocycles. The Morgan fingerprint density at radius 2 is 1.88 bits per heavy atom. The first-order valence-corrected chi connectivity index (χ1v) is 7.10. The molecule has 90 valence electrons. The van der Waals surface area contributed by atoms with Crippen molar-refractivity contribution in [1.29, 1.82) is 0 Å². The average molecular weight is 239 g/mol. The van der Waals surface area contributed by atoms with Crippen molar-refractivity contribution in [3.05, 3.63) is 29.8 Å². The predicted molar refractivity (Wildman–Crippen MR) is 70.2 cm³/mol. The fourth-order valence-electron chi connectivity index (χ4n) is 1.40. The highest BCUT2D eigenvalue weighted by molar-refractivity contribution is 7.85. The molecule has 3 heteroatoms. The first-order chi connectivity index (χ1) is 7.59. The molecule has 0 aliphatic carbocycles. The standard InChI is InChI=1S/C13H21NOS/c1-11(2)14-9-4-10-16(15)13-7-5-12(3)6-8-13/h5-8,11,14H,4,9-10H2,1-3H3. The number of hydrogen-bond acceptors (Lipinski definition) is 2. The molecular weight excluding hydrogens is 218 g/mol. The summed E-state index contributed by atoms with van der Waals surface area (Å²) in [6.45, 7) is 7.22. The van der Waals surface area contributed by atoms with Gasteiger partial charge in [-0.25, -0.2) is 0 Å². The molecule has 0 saturated carbocycles. The van der Waals surface area contributed by atoms with Gasteiger partial charge in [0.25, 0.3) is 0 Å². The number of hydrogen-bond donors (Lipinski definition) is 1. The molecule has 0 heterocycles. The van der Waals surface area contributed by atoms with E-state index < -0.39 is 10.8 Å². The molecule has 0 aliphatic rings. The Morgan fingerprint density at radius 1 is 1.25 bits per heavy atom. The van der Waals surface area contributed by atoms with Gasteiger partial charge in [-0.1, -0.05) is 31.5 Å². The quantitative estimate of drug-likeness (QED) is 0.773. The minimum atomic E-state index is -0.846. The van der Waals surface area contributed by atoms with Crippen LogP contribution in [0.25, 0.3) is 0 Å². The first kappa shape index (κ1) is 13.4. The number of aryl methyl sites for hydroxylation is 1. The molecule has 0 aliphatic heterocycles. The van der Waals surface area contributed by atoms with Gasteiger partial charge in [0.05, 0.1) is 10.8 Å². The van der Waals surface area contributed by atoms with Crippen LogP contribution in [0.5, 0.6) is 0 Å². The van der Waals surface area contributed by atoms with Crippen molar-refractivity contribution in [3.63, 3.8) is 0 Å². The van der Waals surface area contributed by atoms with E-state index in [0.717, 1.165) is 23.6 Å². The molecule has 0 fully saturated rings. The van der Waals surface area contributed by atoms with E-state index in [2.05, 4.69) is 19.2 Å². The van der Waals surface area contributed by atoms with E-state index in [9.17, 15) is 4.21 Å². The second-order valence-electron chi connectivity index (χ2n) is 4.33. The van der Waals surface area contributed by atoms with Crippen LogP contribution in [0, 0.1) is 6.92 Å². The Morgan fingerprint density at radius 3 is 2.44 bits per heavy atom. The summed E-state index contributed by atoms with van der Waals surface area (Å²) in [5.74, 6) is 0.739. The molecule has 1 N–H and O–H groups in total. The lowest BCUT2D eigenvalue weighted by molar-refractivity contribution is 0.583. The summed E-state index contributed by atoms with van der Waals surface area (Å²) >= 11 is 0. The second-order valence-corrected chi connectivity index (χ2v) is 5.90. The summed E-state index contributed by atoms with van der Waals surface area (Å²) in [5, 5.41) is 3.33. The highest BCUT2D eigenvalue weighted by Gasteiger charge is 2.03. The van der Waals surface area contributed by atoms with Gasteiger partial charge >= 0.3 is 0 Å². The second kappa shape index (κ2) is 6.81. The van der Waals surface area contributed by atoms with Gasteiger partial charge in [-0.05, 0) is 32.0 Å². The van der Waals surface area contributed by atoms with Crippen LogP contribution in [-0.2, 0) is 10.8 Å². The molecule has 1 aromatic rings. The van der Waals surface area contributed by atoms with Gasteiger partial charge in [0.2, 0.25) is 0 Å². The molecule has 0 aromatic heterocycles. The van der Waals surface area contributed by atoms with Crippen molar-refractivity contribution in [1.82, 2.24) is 5.32 Å². The van der Waals surface area contributed by atoms with Gasteiger partial charge < -0.3 is 5.32 Å². The summed E-state index contributed by atoms with van der Waals surface area (Å²) in [6.07, 6.45) is 0.957.